The molecule has 6 nitrogen and oxygen atoms in total. The van der Waals surface area contributed by atoms with Crippen LogP contribution in [0.3, 0.4) is 0 Å². The average molecular weight is 330 g/mol. The van der Waals surface area contributed by atoms with Gasteiger partial charge >= 0.3 is 0 Å². The lowest BCUT2D eigenvalue weighted by Gasteiger charge is -2.25. The van der Waals surface area contributed by atoms with Gasteiger partial charge in [0, 0.05) is 24.7 Å². The van der Waals surface area contributed by atoms with Gasteiger partial charge in [-0.25, -0.2) is 9.67 Å². The number of hydrogen-bond acceptors (Lipinski definition) is 4. The Morgan fingerprint density at radius 2 is 2.25 bits per heavy atom. The molecule has 2 aromatic heterocycles. The van der Waals surface area contributed by atoms with Gasteiger partial charge in [0.2, 0.25) is 0 Å². The number of nitrogens with zero attached hydrogens (tertiary/aromatic N) is 3. The number of rotatable bonds is 5. The maximum atomic E-state index is 12.4. The lowest BCUT2D eigenvalue weighted by molar-refractivity contribution is 0.0873. The summed E-state index contributed by atoms with van der Waals surface area (Å²) in [4.78, 5) is 16.8. The fraction of sp³-hybridized carbons (Fsp3) is 0.611. The third-order valence-electron chi connectivity index (χ3n) is 4.58. The first-order valence-corrected chi connectivity index (χ1v) is 8.80. The second-order valence-electron chi connectivity index (χ2n) is 7.25. The van der Waals surface area contributed by atoms with E-state index in [0.29, 0.717) is 23.9 Å². The molecule has 2 unspecified atom stereocenters. The lowest BCUT2D eigenvalue weighted by atomic mass is 9.87. The first-order valence-electron chi connectivity index (χ1n) is 8.80. The molecule has 2 heterocycles. The van der Waals surface area contributed by atoms with Crippen LogP contribution in [0.5, 0.6) is 0 Å². The third kappa shape index (κ3) is 3.93. The molecule has 0 bridgehead atoms. The number of aliphatic hydroxyl groups is 1. The smallest absolute Gasteiger partial charge is 0.252 e. The van der Waals surface area contributed by atoms with Crippen LogP contribution in [0, 0.1) is 11.8 Å². The van der Waals surface area contributed by atoms with Crippen LogP contribution < -0.4 is 5.32 Å². The fourth-order valence-electron chi connectivity index (χ4n) is 3.36. The van der Waals surface area contributed by atoms with E-state index in [1.807, 2.05) is 10.7 Å². The Bertz CT molecular complexity index is 710. The summed E-state index contributed by atoms with van der Waals surface area (Å²) in [6.07, 6.45) is 6.92. The molecule has 1 aliphatic rings. The molecule has 0 radical (unpaired) electrons. The summed E-state index contributed by atoms with van der Waals surface area (Å²) in [5.41, 5.74) is 1.37. The highest BCUT2D eigenvalue weighted by atomic mass is 16.3. The van der Waals surface area contributed by atoms with Gasteiger partial charge in [-0.3, -0.25) is 4.79 Å². The van der Waals surface area contributed by atoms with E-state index in [4.69, 9.17) is 0 Å². The standard InChI is InChI=1S/C18H26N4O2/c1-12(2)11-22-17-14(10-21-22)7-15(9-19-17)18(24)20-8-13-4-3-5-16(23)6-13/h7,9-10,12-13,16,23H,3-6,8,11H2,1-2H3,(H,20,24). The Morgan fingerprint density at radius 1 is 1.42 bits per heavy atom. The van der Waals surface area contributed by atoms with Crippen LogP contribution in [0.2, 0.25) is 0 Å². The van der Waals surface area contributed by atoms with E-state index in [1.54, 1.807) is 12.4 Å². The summed E-state index contributed by atoms with van der Waals surface area (Å²) in [6.45, 7) is 5.70. The summed E-state index contributed by atoms with van der Waals surface area (Å²) in [5.74, 6) is 0.743. The molecule has 1 amide bonds. The van der Waals surface area contributed by atoms with Crippen molar-refractivity contribution in [3.05, 3.63) is 24.0 Å². The molecule has 3 rings (SSSR count). The van der Waals surface area contributed by atoms with Crippen molar-refractivity contribution in [2.45, 2.75) is 52.2 Å². The second-order valence-corrected chi connectivity index (χ2v) is 7.25. The van der Waals surface area contributed by atoms with Gasteiger partial charge in [-0.2, -0.15) is 5.10 Å². The number of fused-ring (bicyclic) bond motifs is 1. The maximum Gasteiger partial charge on any atom is 0.252 e. The van der Waals surface area contributed by atoms with Gasteiger partial charge in [0.1, 0.15) is 0 Å². The molecule has 1 aliphatic carbocycles. The zero-order valence-electron chi connectivity index (χ0n) is 14.4. The molecule has 0 saturated heterocycles. The zero-order chi connectivity index (χ0) is 17.1. The quantitative estimate of drug-likeness (QED) is 0.882. The van der Waals surface area contributed by atoms with E-state index in [9.17, 15) is 9.90 Å². The van der Waals surface area contributed by atoms with E-state index < -0.39 is 0 Å². The molecule has 0 spiro atoms. The normalized spacial score (nSPS) is 21.3. The van der Waals surface area contributed by atoms with Gasteiger partial charge in [0.05, 0.1) is 17.9 Å². The second kappa shape index (κ2) is 7.30. The van der Waals surface area contributed by atoms with E-state index >= 15 is 0 Å². The third-order valence-corrected chi connectivity index (χ3v) is 4.58. The minimum atomic E-state index is -0.217. The Hall–Kier alpha value is -1.95. The van der Waals surface area contributed by atoms with E-state index in [-0.39, 0.29) is 12.0 Å². The SMILES string of the molecule is CC(C)Cn1ncc2cc(C(=O)NCC3CCCC(O)C3)cnc21. The van der Waals surface area contributed by atoms with Gasteiger partial charge in [-0.15, -0.1) is 0 Å². The van der Waals surface area contributed by atoms with Crippen molar-refractivity contribution in [2.75, 3.05) is 6.54 Å². The number of carbonyl (C=O) groups excluding carboxylic acids is 1. The number of nitrogens with one attached hydrogen (secondary N) is 1. The van der Waals surface area contributed by atoms with Crippen LogP contribution in [0.1, 0.15) is 49.9 Å². The molecule has 2 N–H and O–H groups in total. The maximum absolute atomic E-state index is 12.4. The monoisotopic (exact) mass is 330 g/mol. The number of pyridine rings is 1. The molecule has 2 aromatic rings. The lowest BCUT2D eigenvalue weighted by Crippen LogP contribution is -2.33. The Labute approximate surface area is 142 Å². The molecule has 6 heteroatoms. The number of aliphatic hydroxyl groups excluding tert-OH is 1. The Morgan fingerprint density at radius 3 is 3.00 bits per heavy atom. The number of carbonyl (C=O) groups is 1. The summed E-state index contributed by atoms with van der Waals surface area (Å²) in [7, 11) is 0. The van der Waals surface area contributed by atoms with E-state index in [1.165, 1.54) is 0 Å². The minimum absolute atomic E-state index is 0.110. The number of hydrogen-bond donors (Lipinski definition) is 2. The molecule has 0 aliphatic heterocycles. The van der Waals surface area contributed by atoms with Crippen molar-refractivity contribution in [3.8, 4) is 0 Å². The van der Waals surface area contributed by atoms with Crippen molar-refractivity contribution >= 4 is 16.9 Å². The molecule has 24 heavy (non-hydrogen) atoms. The first kappa shape index (κ1) is 16.9. The predicted octanol–water partition coefficient (Wildman–Crippen LogP) is 2.37. The molecular weight excluding hydrogens is 304 g/mol. The van der Waals surface area contributed by atoms with Crippen LogP contribution in [0.4, 0.5) is 0 Å². The topological polar surface area (TPSA) is 80.0 Å². The molecule has 0 aromatic carbocycles. The molecule has 1 saturated carbocycles. The highest BCUT2D eigenvalue weighted by Gasteiger charge is 2.21. The van der Waals surface area contributed by atoms with Crippen LogP contribution in [-0.2, 0) is 6.54 Å². The summed E-state index contributed by atoms with van der Waals surface area (Å²) < 4.78 is 1.88. The van der Waals surface area contributed by atoms with Crippen molar-refractivity contribution < 1.29 is 9.90 Å². The zero-order valence-corrected chi connectivity index (χ0v) is 14.4. The predicted molar refractivity (Wildman–Crippen MR) is 92.7 cm³/mol. The van der Waals surface area contributed by atoms with Crippen molar-refractivity contribution in [3.63, 3.8) is 0 Å². The van der Waals surface area contributed by atoms with Crippen LogP contribution in [-0.4, -0.2) is 38.4 Å². The summed E-state index contributed by atoms with van der Waals surface area (Å²) in [6, 6.07) is 1.84. The van der Waals surface area contributed by atoms with Gasteiger partial charge in [0.25, 0.3) is 5.91 Å². The molecule has 2 atom stereocenters. The van der Waals surface area contributed by atoms with Crippen molar-refractivity contribution in [1.82, 2.24) is 20.1 Å². The highest BCUT2D eigenvalue weighted by molar-refractivity contribution is 5.96. The first-order chi connectivity index (χ1) is 11.5. The van der Waals surface area contributed by atoms with Crippen LogP contribution >= 0.6 is 0 Å². The Kier molecular flexibility index (Phi) is 5.14. The summed E-state index contributed by atoms with van der Waals surface area (Å²) >= 11 is 0. The fourth-order valence-corrected chi connectivity index (χ4v) is 3.36. The van der Waals surface area contributed by atoms with Gasteiger partial charge in [-0.1, -0.05) is 20.3 Å². The van der Waals surface area contributed by atoms with E-state index in [2.05, 4.69) is 29.2 Å². The number of amides is 1. The van der Waals surface area contributed by atoms with E-state index in [0.717, 1.165) is 43.3 Å². The van der Waals surface area contributed by atoms with Gasteiger partial charge in [-0.05, 0) is 37.2 Å². The minimum Gasteiger partial charge on any atom is -0.393 e. The van der Waals surface area contributed by atoms with Crippen LogP contribution in [0.15, 0.2) is 18.5 Å². The molecule has 1 fully saturated rings. The van der Waals surface area contributed by atoms with Gasteiger partial charge in [0.15, 0.2) is 5.65 Å². The average Bonchev–Trinajstić information content (AvgIpc) is 2.94. The molecular formula is C18H26N4O2. The summed E-state index contributed by atoms with van der Waals surface area (Å²) in [5, 5.41) is 17.9. The number of aromatic nitrogens is 3. The highest BCUT2D eigenvalue weighted by Crippen LogP contribution is 2.23. The Balaban J connectivity index is 1.64. The van der Waals surface area contributed by atoms with Crippen molar-refractivity contribution in [1.29, 1.82) is 0 Å². The van der Waals surface area contributed by atoms with Gasteiger partial charge < -0.3 is 10.4 Å². The van der Waals surface area contributed by atoms with Crippen LogP contribution in [0.25, 0.3) is 11.0 Å². The largest absolute Gasteiger partial charge is 0.393 e. The van der Waals surface area contributed by atoms with Crippen molar-refractivity contribution in [2.24, 2.45) is 11.8 Å². The molecule has 130 valence electrons.